The van der Waals surface area contributed by atoms with Gasteiger partial charge in [0.2, 0.25) is 5.95 Å². The molecule has 0 fully saturated rings. The van der Waals surface area contributed by atoms with Crippen LogP contribution < -0.4 is 5.32 Å². The minimum absolute atomic E-state index is 0.0185. The Labute approximate surface area is 238 Å². The summed E-state index contributed by atoms with van der Waals surface area (Å²) in [4.78, 5) is 11.4. The molecule has 5 rings (SSSR count). The van der Waals surface area contributed by atoms with Crippen molar-refractivity contribution < 1.29 is 30.7 Å². The average Bonchev–Trinajstić information content (AvgIpc) is 3.31. The highest BCUT2D eigenvalue weighted by Crippen LogP contribution is 2.41. The fourth-order valence-corrected chi connectivity index (χ4v) is 4.92. The molecule has 0 saturated heterocycles. The van der Waals surface area contributed by atoms with E-state index in [1.165, 1.54) is 18.3 Å². The van der Waals surface area contributed by atoms with Crippen LogP contribution in [-0.4, -0.2) is 15.0 Å². The Bertz CT molecular complexity index is 1700. The van der Waals surface area contributed by atoms with E-state index in [2.05, 4.69) is 20.3 Å². The number of aromatic amines is 1. The zero-order valence-corrected chi connectivity index (χ0v) is 22.0. The number of benzene rings is 3. The first-order valence-electron chi connectivity index (χ1n) is 11.8. The summed E-state index contributed by atoms with van der Waals surface area (Å²) in [5.41, 5.74) is -3.54. The first-order valence-corrected chi connectivity index (χ1v) is 12.6. The molecular weight excluding hydrogens is 596 g/mol. The molecule has 0 aliphatic rings. The molecule has 4 nitrogen and oxygen atoms in total. The number of aromatic nitrogens is 3. The maximum Gasteiger partial charge on any atom is 0.416 e. The molecule has 212 valence electrons. The Morgan fingerprint density at radius 2 is 1.44 bits per heavy atom. The van der Waals surface area contributed by atoms with Crippen LogP contribution in [0, 0.1) is 5.82 Å². The molecule has 0 radical (unpaired) electrons. The normalized spacial score (nSPS) is 13.8. The molecule has 5 aromatic rings. The van der Waals surface area contributed by atoms with E-state index in [0.717, 1.165) is 18.2 Å². The van der Waals surface area contributed by atoms with Gasteiger partial charge in [-0.15, -0.1) is 0 Å². The van der Waals surface area contributed by atoms with Gasteiger partial charge < -0.3 is 10.3 Å². The first-order chi connectivity index (χ1) is 19.2. The van der Waals surface area contributed by atoms with Crippen LogP contribution >= 0.6 is 23.2 Å². The van der Waals surface area contributed by atoms with Crippen molar-refractivity contribution in [3.8, 4) is 0 Å². The Kier molecular flexibility index (Phi) is 7.37. The van der Waals surface area contributed by atoms with E-state index in [0.29, 0.717) is 17.7 Å². The van der Waals surface area contributed by atoms with E-state index < -0.39 is 34.8 Å². The lowest BCUT2D eigenvalue weighted by Crippen LogP contribution is -2.40. The fraction of sp³-hybridized carbons (Fsp3) is 0.143. The number of anilines is 1. The van der Waals surface area contributed by atoms with Gasteiger partial charge in [-0.05, 0) is 53.6 Å². The zero-order chi connectivity index (χ0) is 29.6. The highest BCUT2D eigenvalue weighted by Gasteiger charge is 2.41. The quantitative estimate of drug-likeness (QED) is 0.188. The van der Waals surface area contributed by atoms with Crippen LogP contribution in [0.25, 0.3) is 11.0 Å². The van der Waals surface area contributed by atoms with Crippen molar-refractivity contribution >= 4 is 40.2 Å². The van der Waals surface area contributed by atoms with Crippen LogP contribution in [0.15, 0.2) is 79.0 Å². The van der Waals surface area contributed by atoms with Crippen molar-refractivity contribution in [1.82, 2.24) is 15.0 Å². The number of H-pyrrole nitrogens is 1. The van der Waals surface area contributed by atoms with Crippen molar-refractivity contribution in [2.24, 2.45) is 0 Å². The summed E-state index contributed by atoms with van der Waals surface area (Å²) in [6.07, 6.45) is -8.39. The van der Waals surface area contributed by atoms with Gasteiger partial charge in [0.05, 0.1) is 32.4 Å². The summed E-state index contributed by atoms with van der Waals surface area (Å²) in [5.74, 6) is -1.31. The van der Waals surface area contributed by atoms with E-state index in [4.69, 9.17) is 23.2 Å². The molecule has 0 unspecified atom stereocenters. The lowest BCUT2D eigenvalue weighted by Gasteiger charge is -2.36. The standard InChI is InChI=1S/C28H17Cl2F7N4/c29-19-6-7-23(38-14-19)26(13-15-4-2-1-3-5-15,16-8-17(27(32,33)34)10-20(31)9-16)41-25-39-22-12-18(28(35,36)37)11-21(30)24(22)40-25/h1-12,14H,13H2,(H2,39,40,41)/t26-/m1/s1. The summed E-state index contributed by atoms with van der Waals surface area (Å²) in [6, 6.07) is 15.1. The van der Waals surface area contributed by atoms with Crippen LogP contribution in [-0.2, 0) is 24.3 Å². The smallest absolute Gasteiger partial charge is 0.340 e. The Morgan fingerprint density at radius 3 is 2.07 bits per heavy atom. The van der Waals surface area contributed by atoms with Crippen LogP contribution in [0.5, 0.6) is 0 Å². The first kappa shape index (κ1) is 28.7. The second-order valence-electron chi connectivity index (χ2n) is 9.22. The van der Waals surface area contributed by atoms with Crippen LogP contribution in [0.1, 0.15) is 27.9 Å². The van der Waals surface area contributed by atoms with E-state index in [9.17, 15) is 30.7 Å². The molecule has 2 N–H and O–H groups in total. The number of alkyl halides is 6. The lowest BCUT2D eigenvalue weighted by atomic mass is 9.80. The van der Waals surface area contributed by atoms with Gasteiger partial charge in [-0.25, -0.2) is 9.37 Å². The maximum atomic E-state index is 14.8. The van der Waals surface area contributed by atoms with Gasteiger partial charge in [0.1, 0.15) is 16.9 Å². The second-order valence-corrected chi connectivity index (χ2v) is 10.1. The lowest BCUT2D eigenvalue weighted by molar-refractivity contribution is -0.138. The second kappa shape index (κ2) is 10.5. The number of fused-ring (bicyclic) bond motifs is 1. The third-order valence-electron chi connectivity index (χ3n) is 6.39. The number of pyridine rings is 1. The topological polar surface area (TPSA) is 53.6 Å². The van der Waals surface area contributed by atoms with E-state index in [1.54, 1.807) is 30.3 Å². The molecule has 0 saturated carbocycles. The molecule has 2 heterocycles. The average molecular weight is 613 g/mol. The summed E-state index contributed by atoms with van der Waals surface area (Å²) < 4.78 is 96.5. The minimum Gasteiger partial charge on any atom is -0.340 e. The monoisotopic (exact) mass is 612 g/mol. The fourth-order valence-electron chi connectivity index (χ4n) is 4.55. The molecule has 0 aliphatic carbocycles. The number of halogens is 9. The van der Waals surface area contributed by atoms with Crippen molar-refractivity contribution in [2.75, 3.05) is 5.32 Å². The van der Waals surface area contributed by atoms with Crippen molar-refractivity contribution in [1.29, 1.82) is 0 Å². The highest BCUT2D eigenvalue weighted by molar-refractivity contribution is 6.35. The molecular formula is C28H17Cl2F7N4. The Morgan fingerprint density at radius 1 is 0.780 bits per heavy atom. The van der Waals surface area contributed by atoms with Crippen molar-refractivity contribution in [3.63, 3.8) is 0 Å². The van der Waals surface area contributed by atoms with Crippen LogP contribution in [0.2, 0.25) is 10.0 Å². The number of nitrogens with one attached hydrogen (secondary N) is 2. The molecule has 0 amide bonds. The van der Waals surface area contributed by atoms with Crippen LogP contribution in [0.3, 0.4) is 0 Å². The molecule has 41 heavy (non-hydrogen) atoms. The third-order valence-corrected chi connectivity index (χ3v) is 6.91. The van der Waals surface area contributed by atoms with E-state index in [-0.39, 0.29) is 44.7 Å². The molecule has 1 atom stereocenters. The zero-order valence-electron chi connectivity index (χ0n) is 20.5. The van der Waals surface area contributed by atoms with Crippen LogP contribution in [0.4, 0.5) is 36.7 Å². The number of hydrogen-bond acceptors (Lipinski definition) is 3. The predicted octanol–water partition coefficient (Wildman–Crippen LogP) is 9.04. The van der Waals surface area contributed by atoms with E-state index >= 15 is 0 Å². The third kappa shape index (κ3) is 5.96. The summed E-state index contributed by atoms with van der Waals surface area (Å²) >= 11 is 12.2. The number of nitrogens with zero attached hydrogens (tertiary/aromatic N) is 2. The van der Waals surface area contributed by atoms with Gasteiger partial charge in [0.15, 0.2) is 0 Å². The van der Waals surface area contributed by atoms with E-state index in [1.807, 2.05) is 0 Å². The Balaban J connectivity index is 1.77. The summed E-state index contributed by atoms with van der Waals surface area (Å²) in [5, 5.41) is 2.95. The maximum absolute atomic E-state index is 14.8. The van der Waals surface area contributed by atoms with Gasteiger partial charge in [-0.1, -0.05) is 53.5 Å². The molecule has 2 aromatic heterocycles. The van der Waals surface area contributed by atoms with Gasteiger partial charge in [0, 0.05) is 12.6 Å². The van der Waals surface area contributed by atoms with Gasteiger partial charge >= 0.3 is 12.4 Å². The summed E-state index contributed by atoms with van der Waals surface area (Å²) in [7, 11) is 0. The predicted molar refractivity (Wildman–Crippen MR) is 141 cm³/mol. The minimum atomic E-state index is -4.89. The SMILES string of the molecule is Fc1cc(C(F)(F)F)cc([C@@](Cc2ccccc2)(Nc2nc3c(Cl)cc(C(F)(F)F)cc3[nH]2)c2ccc(Cl)cn2)c1. The molecule has 0 spiro atoms. The number of rotatable bonds is 6. The van der Waals surface area contributed by atoms with Gasteiger partial charge in [0.25, 0.3) is 0 Å². The molecule has 0 aliphatic heterocycles. The molecule has 13 heteroatoms. The van der Waals surface area contributed by atoms with Gasteiger partial charge in [-0.2, -0.15) is 26.3 Å². The highest BCUT2D eigenvalue weighted by atomic mass is 35.5. The molecule has 0 bridgehead atoms. The largest absolute Gasteiger partial charge is 0.416 e. The number of imidazole rings is 1. The number of hydrogen-bond donors (Lipinski definition) is 2. The van der Waals surface area contributed by atoms with Gasteiger partial charge in [-0.3, -0.25) is 4.98 Å². The van der Waals surface area contributed by atoms with Crippen molar-refractivity contribution in [2.45, 2.75) is 24.3 Å². The molecule has 3 aromatic carbocycles. The summed E-state index contributed by atoms with van der Waals surface area (Å²) in [6.45, 7) is 0. The Hall–Kier alpha value is -3.83. The van der Waals surface area contributed by atoms with Crippen molar-refractivity contribution in [3.05, 3.63) is 123 Å².